The standard InChI is InChI=1S/C8H15N3O2/c1-4-12-5-6(2)9-8-10-7(3)11-13-8/h6H,4-5H2,1-3H3,(H,9,10,11). The predicted octanol–water partition coefficient (Wildman–Crippen LogP) is 1.21. The van der Waals surface area contributed by atoms with Gasteiger partial charge in [-0.3, -0.25) is 0 Å². The first kappa shape index (κ1) is 9.98. The van der Waals surface area contributed by atoms with Crippen LogP contribution >= 0.6 is 0 Å². The Labute approximate surface area is 77.5 Å². The van der Waals surface area contributed by atoms with Crippen molar-refractivity contribution in [3.05, 3.63) is 5.82 Å². The molecule has 0 aliphatic carbocycles. The highest BCUT2D eigenvalue weighted by Crippen LogP contribution is 2.04. The highest BCUT2D eigenvalue weighted by atomic mass is 16.5. The Balaban J connectivity index is 2.31. The van der Waals surface area contributed by atoms with Crippen LogP contribution in [0, 0.1) is 6.92 Å². The molecule has 1 aromatic heterocycles. The number of hydrogen-bond donors (Lipinski definition) is 1. The third-order valence-corrected chi connectivity index (χ3v) is 1.47. The van der Waals surface area contributed by atoms with Crippen LogP contribution < -0.4 is 5.32 Å². The van der Waals surface area contributed by atoms with Gasteiger partial charge in [-0.25, -0.2) is 0 Å². The Bertz CT molecular complexity index is 249. The fourth-order valence-electron chi connectivity index (χ4n) is 0.903. The average molecular weight is 185 g/mol. The van der Waals surface area contributed by atoms with Gasteiger partial charge in [0.05, 0.1) is 12.6 Å². The molecular formula is C8H15N3O2. The van der Waals surface area contributed by atoms with Gasteiger partial charge < -0.3 is 14.6 Å². The molecule has 0 aliphatic heterocycles. The maximum absolute atomic E-state index is 5.22. The second-order valence-corrected chi connectivity index (χ2v) is 2.85. The maximum atomic E-state index is 5.22. The molecule has 1 rings (SSSR count). The molecule has 5 heteroatoms. The molecule has 0 spiro atoms. The van der Waals surface area contributed by atoms with E-state index in [0.29, 0.717) is 18.4 Å². The molecule has 0 saturated heterocycles. The average Bonchev–Trinajstić information content (AvgIpc) is 2.48. The van der Waals surface area contributed by atoms with E-state index in [1.54, 1.807) is 6.92 Å². The predicted molar refractivity (Wildman–Crippen MR) is 48.6 cm³/mol. The summed E-state index contributed by atoms with van der Waals surface area (Å²) >= 11 is 0. The van der Waals surface area contributed by atoms with Gasteiger partial charge >= 0.3 is 6.01 Å². The minimum atomic E-state index is 0.180. The van der Waals surface area contributed by atoms with Crippen LogP contribution in [0.25, 0.3) is 0 Å². The van der Waals surface area contributed by atoms with Crippen molar-refractivity contribution in [2.45, 2.75) is 26.8 Å². The van der Waals surface area contributed by atoms with Crippen LogP contribution in [0.4, 0.5) is 6.01 Å². The Hall–Kier alpha value is -1.10. The number of aryl methyl sites for hydroxylation is 1. The van der Waals surface area contributed by atoms with Crippen LogP contribution in [0.5, 0.6) is 0 Å². The Morgan fingerprint density at radius 2 is 2.38 bits per heavy atom. The Morgan fingerprint density at radius 3 is 2.92 bits per heavy atom. The summed E-state index contributed by atoms with van der Waals surface area (Å²) in [6.45, 7) is 7.09. The molecule has 13 heavy (non-hydrogen) atoms. The van der Waals surface area contributed by atoms with Gasteiger partial charge in [-0.05, 0) is 20.8 Å². The molecule has 1 N–H and O–H groups in total. The molecule has 0 radical (unpaired) electrons. The van der Waals surface area contributed by atoms with Gasteiger partial charge in [0.25, 0.3) is 0 Å². The first-order chi connectivity index (χ1) is 6.22. The Kier molecular flexibility index (Phi) is 3.70. The van der Waals surface area contributed by atoms with Crippen LogP contribution in [0.3, 0.4) is 0 Å². The minimum Gasteiger partial charge on any atom is -0.380 e. The van der Waals surface area contributed by atoms with E-state index in [4.69, 9.17) is 9.26 Å². The molecule has 0 saturated carbocycles. The fourth-order valence-corrected chi connectivity index (χ4v) is 0.903. The molecule has 1 unspecified atom stereocenters. The highest BCUT2D eigenvalue weighted by Gasteiger charge is 2.06. The summed E-state index contributed by atoms with van der Waals surface area (Å²) < 4.78 is 10.1. The number of nitrogens with one attached hydrogen (secondary N) is 1. The van der Waals surface area contributed by atoms with Crippen molar-refractivity contribution in [3.63, 3.8) is 0 Å². The fraction of sp³-hybridized carbons (Fsp3) is 0.750. The van der Waals surface area contributed by atoms with Crippen molar-refractivity contribution in [1.29, 1.82) is 0 Å². The van der Waals surface area contributed by atoms with Crippen LogP contribution in [0.15, 0.2) is 4.52 Å². The highest BCUT2D eigenvalue weighted by molar-refractivity contribution is 5.19. The van der Waals surface area contributed by atoms with Crippen LogP contribution in [-0.2, 0) is 4.74 Å². The van der Waals surface area contributed by atoms with Gasteiger partial charge in [-0.1, -0.05) is 5.16 Å². The number of anilines is 1. The van der Waals surface area contributed by atoms with Crippen LogP contribution in [0.2, 0.25) is 0 Å². The lowest BCUT2D eigenvalue weighted by Gasteiger charge is -2.10. The van der Waals surface area contributed by atoms with E-state index < -0.39 is 0 Å². The zero-order valence-electron chi connectivity index (χ0n) is 8.20. The van der Waals surface area contributed by atoms with Crippen molar-refractivity contribution in [3.8, 4) is 0 Å². The normalized spacial score (nSPS) is 12.8. The monoisotopic (exact) mass is 185 g/mol. The van der Waals surface area contributed by atoms with E-state index in [9.17, 15) is 0 Å². The number of rotatable bonds is 5. The molecule has 0 aromatic carbocycles. The second kappa shape index (κ2) is 4.81. The molecule has 0 aliphatic rings. The molecule has 0 bridgehead atoms. The maximum Gasteiger partial charge on any atom is 0.321 e. The third-order valence-electron chi connectivity index (χ3n) is 1.47. The summed E-state index contributed by atoms with van der Waals surface area (Å²) in [6, 6.07) is 0.629. The number of aromatic nitrogens is 2. The molecule has 0 fully saturated rings. The van der Waals surface area contributed by atoms with E-state index >= 15 is 0 Å². The van der Waals surface area contributed by atoms with E-state index in [-0.39, 0.29) is 6.04 Å². The molecule has 1 aromatic rings. The van der Waals surface area contributed by atoms with Gasteiger partial charge in [0.15, 0.2) is 5.82 Å². The first-order valence-corrected chi connectivity index (χ1v) is 4.37. The smallest absolute Gasteiger partial charge is 0.321 e. The van der Waals surface area contributed by atoms with E-state index in [0.717, 1.165) is 6.61 Å². The van der Waals surface area contributed by atoms with Crippen molar-refractivity contribution in [2.24, 2.45) is 0 Å². The first-order valence-electron chi connectivity index (χ1n) is 4.37. The lowest BCUT2D eigenvalue weighted by molar-refractivity contribution is 0.140. The second-order valence-electron chi connectivity index (χ2n) is 2.85. The zero-order valence-corrected chi connectivity index (χ0v) is 8.20. The SMILES string of the molecule is CCOCC(C)Nc1nc(C)no1. The van der Waals surface area contributed by atoms with E-state index in [1.165, 1.54) is 0 Å². The van der Waals surface area contributed by atoms with Gasteiger partial charge in [0, 0.05) is 6.61 Å². The van der Waals surface area contributed by atoms with Crippen molar-refractivity contribution in [2.75, 3.05) is 18.5 Å². The molecule has 1 heterocycles. The van der Waals surface area contributed by atoms with Crippen molar-refractivity contribution >= 4 is 6.01 Å². The molecule has 5 nitrogen and oxygen atoms in total. The van der Waals surface area contributed by atoms with E-state index in [2.05, 4.69) is 15.5 Å². The lowest BCUT2D eigenvalue weighted by atomic mass is 10.4. The number of hydrogen-bond acceptors (Lipinski definition) is 5. The van der Waals surface area contributed by atoms with Crippen LogP contribution in [0.1, 0.15) is 19.7 Å². The summed E-state index contributed by atoms with van der Waals surface area (Å²) in [5, 5.41) is 6.69. The van der Waals surface area contributed by atoms with Gasteiger partial charge in [-0.2, -0.15) is 4.98 Å². The van der Waals surface area contributed by atoms with Crippen molar-refractivity contribution in [1.82, 2.24) is 10.1 Å². The van der Waals surface area contributed by atoms with Crippen molar-refractivity contribution < 1.29 is 9.26 Å². The topological polar surface area (TPSA) is 60.2 Å². The van der Waals surface area contributed by atoms with Gasteiger partial charge in [-0.15, -0.1) is 0 Å². The summed E-state index contributed by atoms with van der Waals surface area (Å²) in [4.78, 5) is 4.01. The van der Waals surface area contributed by atoms with Gasteiger partial charge in [0.2, 0.25) is 0 Å². The Morgan fingerprint density at radius 1 is 1.62 bits per heavy atom. The summed E-state index contributed by atoms with van der Waals surface area (Å²) in [5.74, 6) is 0.631. The summed E-state index contributed by atoms with van der Waals surface area (Å²) in [7, 11) is 0. The molecule has 0 amide bonds. The lowest BCUT2D eigenvalue weighted by Crippen LogP contribution is -2.21. The number of ether oxygens (including phenoxy) is 1. The third kappa shape index (κ3) is 3.42. The zero-order chi connectivity index (χ0) is 9.68. The largest absolute Gasteiger partial charge is 0.380 e. The molecule has 1 atom stereocenters. The van der Waals surface area contributed by atoms with Gasteiger partial charge in [0.1, 0.15) is 0 Å². The summed E-state index contributed by atoms with van der Waals surface area (Å²) in [6.07, 6.45) is 0. The number of nitrogens with zero attached hydrogens (tertiary/aromatic N) is 2. The quantitative estimate of drug-likeness (QED) is 0.747. The minimum absolute atomic E-state index is 0.180. The van der Waals surface area contributed by atoms with Crippen LogP contribution in [-0.4, -0.2) is 29.4 Å². The molecule has 74 valence electrons. The summed E-state index contributed by atoms with van der Waals surface area (Å²) in [5.41, 5.74) is 0. The molecular weight excluding hydrogens is 170 g/mol. The van der Waals surface area contributed by atoms with E-state index in [1.807, 2.05) is 13.8 Å².